The lowest BCUT2D eigenvalue weighted by atomic mass is 9.80. The molecule has 0 atom stereocenters. The Balaban J connectivity index is 1.66. The molecule has 1 heteroatoms. The number of benzene rings is 1. The fourth-order valence-corrected chi connectivity index (χ4v) is 3.39. The van der Waals surface area contributed by atoms with Crippen molar-refractivity contribution in [2.24, 2.45) is 11.8 Å². The number of aryl methyl sites for hydroxylation is 1. The van der Waals surface area contributed by atoms with Crippen molar-refractivity contribution in [1.82, 2.24) is 0 Å². The van der Waals surface area contributed by atoms with Crippen molar-refractivity contribution in [3.8, 4) is 17.6 Å². The van der Waals surface area contributed by atoms with E-state index in [9.17, 15) is 0 Å². The van der Waals surface area contributed by atoms with Gasteiger partial charge in [0.05, 0.1) is 6.61 Å². The Hall–Kier alpha value is -1.42. The van der Waals surface area contributed by atoms with Gasteiger partial charge in [0.2, 0.25) is 0 Å². The molecule has 0 saturated heterocycles. The summed E-state index contributed by atoms with van der Waals surface area (Å²) in [6, 6.07) is 8.74. The van der Waals surface area contributed by atoms with E-state index in [4.69, 9.17) is 4.74 Å². The van der Waals surface area contributed by atoms with E-state index in [2.05, 4.69) is 50.0 Å². The van der Waals surface area contributed by atoms with Crippen LogP contribution < -0.4 is 4.74 Å². The van der Waals surface area contributed by atoms with Gasteiger partial charge in [0.1, 0.15) is 5.75 Å². The Bertz CT molecular complexity index is 497. The SMILES string of the molecule is CCCC#C[C@H]1CC[C@H](CCc2ccc(OCCCC)cc2)CC1. The molecule has 0 amide bonds. The second-order valence-corrected chi connectivity index (χ2v) is 7.17. The Kier molecular flexibility index (Phi) is 8.82. The van der Waals surface area contributed by atoms with Gasteiger partial charge in [0.15, 0.2) is 0 Å². The molecule has 1 aliphatic rings. The van der Waals surface area contributed by atoms with Crippen molar-refractivity contribution >= 4 is 0 Å². The summed E-state index contributed by atoms with van der Waals surface area (Å²) in [5.74, 6) is 9.40. The second kappa shape index (κ2) is 11.2. The maximum atomic E-state index is 5.74. The Morgan fingerprint density at radius 2 is 1.75 bits per heavy atom. The van der Waals surface area contributed by atoms with Crippen LogP contribution in [0.15, 0.2) is 24.3 Å². The highest BCUT2D eigenvalue weighted by molar-refractivity contribution is 5.27. The van der Waals surface area contributed by atoms with E-state index in [0.717, 1.165) is 31.1 Å². The Morgan fingerprint density at radius 1 is 1.00 bits per heavy atom. The van der Waals surface area contributed by atoms with Crippen molar-refractivity contribution in [2.45, 2.75) is 78.1 Å². The van der Waals surface area contributed by atoms with Crippen LogP contribution in [0.2, 0.25) is 0 Å². The largest absolute Gasteiger partial charge is 0.494 e. The Morgan fingerprint density at radius 3 is 2.42 bits per heavy atom. The van der Waals surface area contributed by atoms with E-state index in [1.807, 2.05) is 0 Å². The maximum Gasteiger partial charge on any atom is 0.119 e. The summed E-state index contributed by atoms with van der Waals surface area (Å²) in [5.41, 5.74) is 1.45. The zero-order valence-electron chi connectivity index (χ0n) is 15.7. The van der Waals surface area contributed by atoms with Gasteiger partial charge in [0.25, 0.3) is 0 Å². The molecule has 0 heterocycles. The predicted molar refractivity (Wildman–Crippen MR) is 103 cm³/mol. The molecule has 0 radical (unpaired) electrons. The smallest absolute Gasteiger partial charge is 0.119 e. The minimum absolute atomic E-state index is 0.673. The van der Waals surface area contributed by atoms with Crippen molar-refractivity contribution in [3.05, 3.63) is 29.8 Å². The number of hydrogen-bond donors (Lipinski definition) is 0. The fraction of sp³-hybridized carbons (Fsp3) is 0.652. The first-order chi connectivity index (χ1) is 11.8. The zero-order valence-corrected chi connectivity index (χ0v) is 15.7. The van der Waals surface area contributed by atoms with Gasteiger partial charge >= 0.3 is 0 Å². The van der Waals surface area contributed by atoms with Crippen LogP contribution in [0.1, 0.15) is 77.2 Å². The van der Waals surface area contributed by atoms with E-state index < -0.39 is 0 Å². The standard InChI is InChI=1S/C23H34O/c1-3-5-7-8-20-9-11-21(12-10-20)13-14-22-15-17-23(18-16-22)24-19-6-4-2/h15-18,20-21H,3-6,9-14,19H2,1-2H3/t20-,21-. The third kappa shape index (κ3) is 7.00. The Labute approximate surface area is 149 Å². The van der Waals surface area contributed by atoms with Crippen molar-refractivity contribution in [1.29, 1.82) is 0 Å². The van der Waals surface area contributed by atoms with Gasteiger partial charge in [-0.1, -0.05) is 38.3 Å². The predicted octanol–water partition coefficient (Wildman–Crippen LogP) is 6.41. The summed E-state index contributed by atoms with van der Waals surface area (Å²) < 4.78 is 5.74. The fourth-order valence-electron chi connectivity index (χ4n) is 3.39. The molecule has 1 saturated carbocycles. The quantitative estimate of drug-likeness (QED) is 0.396. The van der Waals surface area contributed by atoms with Crippen LogP contribution >= 0.6 is 0 Å². The van der Waals surface area contributed by atoms with Crippen LogP contribution in [0.3, 0.4) is 0 Å². The molecule has 1 nitrogen and oxygen atoms in total. The molecule has 132 valence electrons. The van der Waals surface area contributed by atoms with Gasteiger partial charge < -0.3 is 4.74 Å². The monoisotopic (exact) mass is 326 g/mol. The van der Waals surface area contributed by atoms with Crippen molar-refractivity contribution < 1.29 is 4.74 Å². The molecule has 1 fully saturated rings. The summed E-state index contributed by atoms with van der Waals surface area (Å²) in [6.45, 7) is 5.23. The van der Waals surface area contributed by atoms with E-state index in [1.165, 1.54) is 56.9 Å². The molecule has 1 aromatic carbocycles. The maximum absolute atomic E-state index is 5.74. The van der Waals surface area contributed by atoms with Crippen molar-refractivity contribution in [2.75, 3.05) is 6.61 Å². The van der Waals surface area contributed by atoms with E-state index in [-0.39, 0.29) is 0 Å². The molecule has 24 heavy (non-hydrogen) atoms. The van der Waals surface area contributed by atoms with Crippen LogP contribution in [0, 0.1) is 23.7 Å². The summed E-state index contributed by atoms with van der Waals surface area (Å²) in [6.07, 6.45) is 12.4. The van der Waals surface area contributed by atoms with Gasteiger partial charge in [-0.15, -0.1) is 5.92 Å². The number of rotatable bonds is 8. The van der Waals surface area contributed by atoms with Crippen molar-refractivity contribution in [3.63, 3.8) is 0 Å². The zero-order chi connectivity index (χ0) is 17.0. The molecule has 0 aromatic heterocycles. The molecule has 0 N–H and O–H groups in total. The molecule has 0 spiro atoms. The lowest BCUT2D eigenvalue weighted by Gasteiger charge is -2.25. The minimum Gasteiger partial charge on any atom is -0.494 e. The normalized spacial score (nSPS) is 20.2. The summed E-state index contributed by atoms with van der Waals surface area (Å²) in [4.78, 5) is 0. The average molecular weight is 327 g/mol. The number of ether oxygens (including phenoxy) is 1. The molecule has 0 aliphatic heterocycles. The van der Waals surface area contributed by atoms with Gasteiger partial charge in [-0.2, -0.15) is 0 Å². The van der Waals surface area contributed by atoms with E-state index >= 15 is 0 Å². The minimum atomic E-state index is 0.673. The topological polar surface area (TPSA) is 9.23 Å². The van der Waals surface area contributed by atoms with Crippen LogP contribution in [-0.4, -0.2) is 6.61 Å². The van der Waals surface area contributed by atoms with Gasteiger partial charge in [-0.25, -0.2) is 0 Å². The summed E-state index contributed by atoms with van der Waals surface area (Å²) in [7, 11) is 0. The van der Waals surface area contributed by atoms with Crippen LogP contribution in [0.4, 0.5) is 0 Å². The first-order valence-electron chi connectivity index (χ1n) is 10.0. The molecular formula is C23H34O. The van der Waals surface area contributed by atoms with E-state index in [0.29, 0.717) is 5.92 Å². The van der Waals surface area contributed by atoms with Gasteiger partial charge in [-0.05, 0) is 75.0 Å². The highest BCUT2D eigenvalue weighted by Crippen LogP contribution is 2.31. The highest BCUT2D eigenvalue weighted by Gasteiger charge is 2.19. The summed E-state index contributed by atoms with van der Waals surface area (Å²) >= 11 is 0. The lowest BCUT2D eigenvalue weighted by Crippen LogP contribution is -2.14. The molecular weight excluding hydrogens is 292 g/mol. The third-order valence-corrected chi connectivity index (χ3v) is 5.06. The van der Waals surface area contributed by atoms with Gasteiger partial charge in [-0.3, -0.25) is 0 Å². The third-order valence-electron chi connectivity index (χ3n) is 5.06. The molecule has 1 aliphatic carbocycles. The lowest BCUT2D eigenvalue weighted by molar-refractivity contribution is 0.301. The first-order valence-corrected chi connectivity index (χ1v) is 10.0. The van der Waals surface area contributed by atoms with Gasteiger partial charge in [0, 0.05) is 12.3 Å². The molecule has 2 rings (SSSR count). The van der Waals surface area contributed by atoms with Crippen LogP contribution in [-0.2, 0) is 6.42 Å². The van der Waals surface area contributed by atoms with Crippen LogP contribution in [0.25, 0.3) is 0 Å². The van der Waals surface area contributed by atoms with E-state index in [1.54, 1.807) is 0 Å². The molecule has 1 aromatic rings. The van der Waals surface area contributed by atoms with Crippen LogP contribution in [0.5, 0.6) is 5.75 Å². The average Bonchev–Trinajstić information content (AvgIpc) is 2.63. The summed E-state index contributed by atoms with van der Waals surface area (Å²) in [5, 5.41) is 0. The first kappa shape index (κ1) is 18.9. The molecule has 0 unspecified atom stereocenters. The highest BCUT2D eigenvalue weighted by atomic mass is 16.5. The number of hydrogen-bond acceptors (Lipinski definition) is 1. The number of unbranched alkanes of at least 4 members (excludes halogenated alkanes) is 2. The molecule has 0 bridgehead atoms. The second-order valence-electron chi connectivity index (χ2n) is 7.17.